The lowest BCUT2D eigenvalue weighted by molar-refractivity contribution is 0.333. The summed E-state index contributed by atoms with van der Waals surface area (Å²) in [5, 5.41) is 0. The average Bonchev–Trinajstić information content (AvgIpc) is 2.62. The van der Waals surface area contributed by atoms with E-state index in [1.165, 1.54) is 23.2 Å². The fourth-order valence-corrected chi connectivity index (χ4v) is 3.30. The average molecular weight is 253 g/mol. The summed E-state index contributed by atoms with van der Waals surface area (Å²) in [5.74, 6) is 0. The monoisotopic (exact) mass is 253 g/mol. The van der Waals surface area contributed by atoms with Crippen molar-refractivity contribution in [3.63, 3.8) is 0 Å². The zero-order valence-corrected chi connectivity index (χ0v) is 12.4. The van der Waals surface area contributed by atoms with E-state index in [1.807, 2.05) is 0 Å². The van der Waals surface area contributed by atoms with Gasteiger partial charge in [0, 0.05) is 17.8 Å². The summed E-state index contributed by atoms with van der Waals surface area (Å²) in [7, 11) is 0. The summed E-state index contributed by atoms with van der Waals surface area (Å²) in [4.78, 5) is 2.55. The highest BCUT2D eigenvalue weighted by atomic mass is 15.2. The maximum atomic E-state index is 2.55. The zero-order valence-electron chi connectivity index (χ0n) is 12.4. The molecular formula is C18H23N. The fraction of sp³-hybridized carbons (Fsp3) is 0.444. The molecule has 3 rings (SSSR count). The lowest BCUT2D eigenvalue weighted by atomic mass is 9.87. The Labute approximate surface area is 116 Å². The van der Waals surface area contributed by atoms with E-state index in [9.17, 15) is 0 Å². The van der Waals surface area contributed by atoms with Gasteiger partial charge in [-0.15, -0.1) is 0 Å². The molecule has 1 atom stereocenters. The predicted molar refractivity (Wildman–Crippen MR) is 81.7 cm³/mol. The van der Waals surface area contributed by atoms with Crippen LogP contribution in [0.5, 0.6) is 0 Å². The minimum atomic E-state index is 0.368. The Morgan fingerprint density at radius 3 is 2.63 bits per heavy atom. The van der Waals surface area contributed by atoms with Crippen LogP contribution in [0.2, 0.25) is 0 Å². The van der Waals surface area contributed by atoms with Gasteiger partial charge >= 0.3 is 0 Å². The molecule has 1 aromatic rings. The first-order valence-corrected chi connectivity index (χ1v) is 7.21. The van der Waals surface area contributed by atoms with Crippen LogP contribution in [0.25, 0.3) is 5.70 Å². The van der Waals surface area contributed by atoms with Gasteiger partial charge in [0.25, 0.3) is 0 Å². The summed E-state index contributed by atoms with van der Waals surface area (Å²) in [6.07, 6.45) is 5.83. The molecule has 0 N–H and O–H groups in total. The standard InChI is InChI=1S/C18H23N/c1-13-15-7-5-6-8-16(15)17-10-9-14(12-19(13)17)11-18(2,3)4/h5-10,13H,11-12H2,1-4H3/t13-/m1/s1. The molecule has 0 saturated carbocycles. The molecule has 1 aromatic carbocycles. The maximum Gasteiger partial charge on any atom is 0.0524 e. The summed E-state index contributed by atoms with van der Waals surface area (Å²) in [5.41, 5.74) is 6.21. The highest BCUT2D eigenvalue weighted by Gasteiger charge is 2.32. The van der Waals surface area contributed by atoms with Crippen LogP contribution < -0.4 is 0 Å². The van der Waals surface area contributed by atoms with Crippen LogP contribution in [0.15, 0.2) is 42.0 Å². The van der Waals surface area contributed by atoms with E-state index in [0.717, 1.165) is 6.54 Å². The van der Waals surface area contributed by atoms with Crippen LogP contribution in [0.4, 0.5) is 0 Å². The first-order valence-electron chi connectivity index (χ1n) is 7.21. The van der Waals surface area contributed by atoms with Gasteiger partial charge in [0.15, 0.2) is 0 Å². The molecule has 19 heavy (non-hydrogen) atoms. The molecule has 0 aromatic heterocycles. The predicted octanol–water partition coefficient (Wildman–Crippen LogP) is 4.78. The smallest absolute Gasteiger partial charge is 0.0524 e. The van der Waals surface area contributed by atoms with Crippen molar-refractivity contribution in [3.8, 4) is 0 Å². The second-order valence-corrected chi connectivity index (χ2v) is 7.01. The molecule has 0 aliphatic carbocycles. The van der Waals surface area contributed by atoms with Gasteiger partial charge in [-0.25, -0.2) is 0 Å². The number of hydrogen-bond donors (Lipinski definition) is 0. The van der Waals surface area contributed by atoms with Gasteiger partial charge in [0.05, 0.1) is 6.04 Å². The van der Waals surface area contributed by atoms with E-state index in [-0.39, 0.29) is 0 Å². The van der Waals surface area contributed by atoms with E-state index in [1.54, 1.807) is 5.57 Å². The maximum absolute atomic E-state index is 2.55. The normalized spacial score (nSPS) is 21.7. The van der Waals surface area contributed by atoms with Crippen molar-refractivity contribution in [1.29, 1.82) is 0 Å². The van der Waals surface area contributed by atoms with E-state index >= 15 is 0 Å². The van der Waals surface area contributed by atoms with Crippen molar-refractivity contribution in [3.05, 3.63) is 53.1 Å². The van der Waals surface area contributed by atoms with E-state index < -0.39 is 0 Å². The van der Waals surface area contributed by atoms with Crippen LogP contribution in [0, 0.1) is 5.41 Å². The highest BCUT2D eigenvalue weighted by molar-refractivity contribution is 5.74. The molecule has 0 unspecified atom stereocenters. The molecule has 0 bridgehead atoms. The molecule has 1 heteroatoms. The summed E-state index contributed by atoms with van der Waals surface area (Å²) >= 11 is 0. The minimum absolute atomic E-state index is 0.368. The van der Waals surface area contributed by atoms with E-state index in [4.69, 9.17) is 0 Å². The second-order valence-electron chi connectivity index (χ2n) is 7.01. The molecule has 2 aliphatic rings. The number of nitrogens with zero attached hydrogens (tertiary/aromatic N) is 1. The molecule has 2 aliphatic heterocycles. The number of rotatable bonds is 1. The summed E-state index contributed by atoms with van der Waals surface area (Å²) in [6, 6.07) is 9.32. The molecule has 0 saturated heterocycles. The third kappa shape index (κ3) is 2.22. The Morgan fingerprint density at radius 2 is 1.89 bits per heavy atom. The minimum Gasteiger partial charge on any atom is -0.360 e. The van der Waals surface area contributed by atoms with Gasteiger partial charge in [-0.05, 0) is 30.4 Å². The molecule has 2 heterocycles. The Hall–Kier alpha value is -1.50. The van der Waals surface area contributed by atoms with Crippen molar-refractivity contribution < 1.29 is 0 Å². The van der Waals surface area contributed by atoms with Crippen LogP contribution in [-0.2, 0) is 0 Å². The first-order chi connectivity index (χ1) is 8.96. The van der Waals surface area contributed by atoms with Gasteiger partial charge in [-0.1, -0.05) is 56.7 Å². The number of fused-ring (bicyclic) bond motifs is 3. The van der Waals surface area contributed by atoms with Gasteiger partial charge < -0.3 is 4.90 Å². The van der Waals surface area contributed by atoms with Gasteiger partial charge in [0.2, 0.25) is 0 Å². The molecular weight excluding hydrogens is 230 g/mol. The van der Waals surface area contributed by atoms with E-state index in [0.29, 0.717) is 11.5 Å². The van der Waals surface area contributed by atoms with Crippen molar-refractivity contribution in [1.82, 2.24) is 4.90 Å². The highest BCUT2D eigenvalue weighted by Crippen LogP contribution is 2.43. The number of hydrogen-bond acceptors (Lipinski definition) is 1. The van der Waals surface area contributed by atoms with Crippen LogP contribution in [0.1, 0.15) is 51.3 Å². The molecule has 0 radical (unpaired) electrons. The second kappa shape index (κ2) is 4.26. The summed E-state index contributed by atoms with van der Waals surface area (Å²) < 4.78 is 0. The largest absolute Gasteiger partial charge is 0.360 e. The van der Waals surface area contributed by atoms with Crippen LogP contribution >= 0.6 is 0 Å². The Kier molecular flexibility index (Phi) is 2.81. The van der Waals surface area contributed by atoms with Crippen molar-refractivity contribution in [2.75, 3.05) is 6.54 Å². The molecule has 1 nitrogen and oxygen atoms in total. The van der Waals surface area contributed by atoms with Gasteiger partial charge in [-0.3, -0.25) is 0 Å². The number of allylic oxidation sites excluding steroid dienone is 2. The molecule has 0 spiro atoms. The van der Waals surface area contributed by atoms with Crippen molar-refractivity contribution >= 4 is 5.70 Å². The quantitative estimate of drug-likeness (QED) is 0.696. The van der Waals surface area contributed by atoms with Crippen molar-refractivity contribution in [2.24, 2.45) is 5.41 Å². The fourth-order valence-electron chi connectivity index (χ4n) is 3.30. The Bertz CT molecular complexity index is 557. The summed E-state index contributed by atoms with van der Waals surface area (Å²) in [6.45, 7) is 10.3. The van der Waals surface area contributed by atoms with Gasteiger partial charge in [-0.2, -0.15) is 0 Å². The number of benzene rings is 1. The third-order valence-corrected chi connectivity index (χ3v) is 4.07. The lowest BCUT2D eigenvalue weighted by Crippen LogP contribution is -2.25. The third-order valence-electron chi connectivity index (χ3n) is 4.07. The molecule has 0 amide bonds. The molecule has 100 valence electrons. The lowest BCUT2D eigenvalue weighted by Gasteiger charge is -2.32. The first kappa shape index (κ1) is 12.5. The van der Waals surface area contributed by atoms with E-state index in [2.05, 4.69) is 69.0 Å². The molecule has 0 fully saturated rings. The Morgan fingerprint density at radius 1 is 1.16 bits per heavy atom. The zero-order chi connectivity index (χ0) is 13.6. The van der Waals surface area contributed by atoms with Crippen LogP contribution in [0.3, 0.4) is 0 Å². The van der Waals surface area contributed by atoms with Crippen LogP contribution in [-0.4, -0.2) is 11.4 Å². The topological polar surface area (TPSA) is 3.24 Å². The Balaban J connectivity index is 1.93. The van der Waals surface area contributed by atoms with Gasteiger partial charge in [0.1, 0.15) is 0 Å². The SMILES string of the molecule is C[C@@H]1c2ccccc2C2=CC=C(CC(C)(C)C)CN21. The van der Waals surface area contributed by atoms with Crippen molar-refractivity contribution in [2.45, 2.75) is 40.2 Å².